The average molecular weight is 313 g/mol. The number of H-pyrrole nitrogens is 1. The maximum absolute atomic E-state index is 11.6. The molecule has 2 saturated heterocycles. The van der Waals surface area contributed by atoms with Gasteiger partial charge in [0.15, 0.2) is 0 Å². The number of benzene rings is 1. The molecule has 0 saturated carbocycles. The summed E-state index contributed by atoms with van der Waals surface area (Å²) in [5.41, 5.74) is 7.64. The number of carbonyl (C=O) groups excluding carboxylic acids is 1. The first-order valence-electron chi connectivity index (χ1n) is 8.47. The minimum Gasteiger partial charge on any atom is -0.368 e. The number of para-hydroxylation sites is 2. The van der Waals surface area contributed by atoms with E-state index in [0.29, 0.717) is 6.04 Å². The third kappa shape index (κ3) is 2.67. The van der Waals surface area contributed by atoms with Crippen LogP contribution in [-0.2, 0) is 4.79 Å². The molecule has 0 radical (unpaired) electrons. The Morgan fingerprint density at radius 2 is 1.96 bits per heavy atom. The highest BCUT2D eigenvalue weighted by atomic mass is 16.1. The Balaban J connectivity index is 1.43. The van der Waals surface area contributed by atoms with Gasteiger partial charge in [-0.2, -0.15) is 0 Å². The van der Waals surface area contributed by atoms with Crippen molar-refractivity contribution in [2.75, 3.05) is 24.5 Å². The number of likely N-dealkylation sites (tertiary alicyclic amines) is 1. The number of amides is 1. The van der Waals surface area contributed by atoms with E-state index in [0.717, 1.165) is 62.3 Å². The predicted octanol–water partition coefficient (Wildman–Crippen LogP) is 1.48. The number of nitrogens with zero attached hydrogens (tertiary/aromatic N) is 3. The number of carbonyl (C=O) groups is 1. The minimum absolute atomic E-state index is 0.0576. The summed E-state index contributed by atoms with van der Waals surface area (Å²) in [6, 6.07) is 8.53. The second-order valence-electron chi connectivity index (χ2n) is 6.59. The first kappa shape index (κ1) is 14.5. The number of nitrogens with two attached hydrogens (primary N) is 1. The van der Waals surface area contributed by atoms with Gasteiger partial charge < -0.3 is 15.6 Å². The van der Waals surface area contributed by atoms with E-state index in [1.54, 1.807) is 0 Å². The molecule has 3 heterocycles. The van der Waals surface area contributed by atoms with E-state index in [-0.39, 0.29) is 11.9 Å². The maximum atomic E-state index is 11.6. The zero-order valence-corrected chi connectivity index (χ0v) is 13.2. The number of fused-ring (bicyclic) bond motifs is 1. The van der Waals surface area contributed by atoms with Gasteiger partial charge in [-0.05, 0) is 44.4 Å². The lowest BCUT2D eigenvalue weighted by Gasteiger charge is -2.38. The topological polar surface area (TPSA) is 78.2 Å². The summed E-state index contributed by atoms with van der Waals surface area (Å²) in [5.74, 6) is 0.791. The maximum Gasteiger partial charge on any atom is 0.234 e. The van der Waals surface area contributed by atoms with Gasteiger partial charge in [0, 0.05) is 19.1 Å². The van der Waals surface area contributed by atoms with Crippen molar-refractivity contribution in [1.82, 2.24) is 14.9 Å². The fourth-order valence-corrected chi connectivity index (χ4v) is 4.03. The monoisotopic (exact) mass is 313 g/mol. The highest BCUT2D eigenvalue weighted by Gasteiger charge is 2.35. The third-order valence-electron chi connectivity index (χ3n) is 5.23. The number of imidazole rings is 1. The van der Waals surface area contributed by atoms with Crippen LogP contribution >= 0.6 is 0 Å². The van der Waals surface area contributed by atoms with Crippen LogP contribution in [0.5, 0.6) is 0 Å². The smallest absolute Gasteiger partial charge is 0.234 e. The molecule has 2 fully saturated rings. The standard InChI is InChI=1S/C17H23N5O/c18-16(23)15-6-3-9-22(15)12-7-10-21(11-8-12)17-19-13-4-1-2-5-14(13)20-17/h1-2,4-5,12,15H,3,6-11H2,(H2,18,23)(H,19,20). The van der Waals surface area contributed by atoms with Crippen LogP contribution in [0.2, 0.25) is 0 Å². The number of hydrogen-bond donors (Lipinski definition) is 2. The largest absolute Gasteiger partial charge is 0.368 e. The van der Waals surface area contributed by atoms with Gasteiger partial charge >= 0.3 is 0 Å². The molecule has 122 valence electrons. The zero-order chi connectivity index (χ0) is 15.8. The Hall–Kier alpha value is -2.08. The van der Waals surface area contributed by atoms with E-state index in [4.69, 9.17) is 5.73 Å². The van der Waals surface area contributed by atoms with Crippen molar-refractivity contribution in [1.29, 1.82) is 0 Å². The van der Waals surface area contributed by atoms with Crippen LogP contribution in [0.25, 0.3) is 11.0 Å². The summed E-state index contributed by atoms with van der Waals surface area (Å²) in [6.45, 7) is 2.93. The molecule has 0 bridgehead atoms. The number of rotatable bonds is 3. The van der Waals surface area contributed by atoms with E-state index in [1.165, 1.54) is 0 Å². The van der Waals surface area contributed by atoms with Crippen LogP contribution in [-0.4, -0.2) is 52.5 Å². The number of aromatic amines is 1. The van der Waals surface area contributed by atoms with E-state index >= 15 is 0 Å². The Bertz CT molecular complexity index is 671. The second kappa shape index (κ2) is 5.85. The summed E-state index contributed by atoms with van der Waals surface area (Å²) < 4.78 is 0. The van der Waals surface area contributed by atoms with E-state index in [9.17, 15) is 4.79 Å². The number of piperidine rings is 1. The van der Waals surface area contributed by atoms with Crippen molar-refractivity contribution in [3.63, 3.8) is 0 Å². The molecule has 0 spiro atoms. The average Bonchev–Trinajstić information content (AvgIpc) is 3.22. The molecule has 3 N–H and O–H groups in total. The van der Waals surface area contributed by atoms with Crippen molar-refractivity contribution < 1.29 is 4.79 Å². The molecular formula is C17H23N5O. The summed E-state index contributed by atoms with van der Waals surface area (Å²) in [6.07, 6.45) is 4.11. The SMILES string of the molecule is NC(=O)C1CCCN1C1CCN(c2nc3ccccc3[nH]2)CC1. The highest BCUT2D eigenvalue weighted by molar-refractivity contribution is 5.80. The Kier molecular flexibility index (Phi) is 3.69. The number of primary amides is 1. The van der Waals surface area contributed by atoms with Crippen LogP contribution in [0.15, 0.2) is 24.3 Å². The summed E-state index contributed by atoms with van der Waals surface area (Å²) in [4.78, 5) is 24.3. The predicted molar refractivity (Wildman–Crippen MR) is 90.3 cm³/mol. The molecule has 6 heteroatoms. The molecule has 1 aromatic heterocycles. The lowest BCUT2D eigenvalue weighted by Crippen LogP contribution is -2.50. The molecule has 1 aromatic carbocycles. The van der Waals surface area contributed by atoms with E-state index in [1.807, 2.05) is 18.2 Å². The first-order chi connectivity index (χ1) is 11.2. The van der Waals surface area contributed by atoms with Crippen LogP contribution < -0.4 is 10.6 Å². The lowest BCUT2D eigenvalue weighted by molar-refractivity contribution is -0.123. The quantitative estimate of drug-likeness (QED) is 0.900. The van der Waals surface area contributed by atoms with Gasteiger partial charge in [-0.25, -0.2) is 4.98 Å². The molecule has 1 unspecified atom stereocenters. The lowest BCUT2D eigenvalue weighted by atomic mass is 10.0. The summed E-state index contributed by atoms with van der Waals surface area (Å²) >= 11 is 0. The Morgan fingerprint density at radius 1 is 1.17 bits per heavy atom. The minimum atomic E-state index is -0.165. The number of hydrogen-bond acceptors (Lipinski definition) is 4. The molecule has 2 aliphatic heterocycles. The molecule has 0 aliphatic carbocycles. The fraction of sp³-hybridized carbons (Fsp3) is 0.529. The second-order valence-corrected chi connectivity index (χ2v) is 6.59. The Morgan fingerprint density at radius 3 is 2.70 bits per heavy atom. The van der Waals surface area contributed by atoms with Gasteiger partial charge in [-0.3, -0.25) is 9.69 Å². The Labute approximate surface area is 135 Å². The number of aromatic nitrogens is 2. The fourth-order valence-electron chi connectivity index (χ4n) is 4.03. The molecule has 1 atom stereocenters. The van der Waals surface area contributed by atoms with E-state index in [2.05, 4.69) is 25.8 Å². The summed E-state index contributed by atoms with van der Waals surface area (Å²) in [5, 5.41) is 0. The van der Waals surface area contributed by atoms with E-state index < -0.39 is 0 Å². The third-order valence-corrected chi connectivity index (χ3v) is 5.23. The molecule has 2 aliphatic rings. The van der Waals surface area contributed by atoms with Gasteiger partial charge in [-0.1, -0.05) is 12.1 Å². The van der Waals surface area contributed by atoms with Crippen LogP contribution in [0.1, 0.15) is 25.7 Å². The molecular weight excluding hydrogens is 290 g/mol. The molecule has 4 rings (SSSR count). The molecule has 1 amide bonds. The number of nitrogens with one attached hydrogen (secondary N) is 1. The van der Waals surface area contributed by atoms with Crippen molar-refractivity contribution in [2.45, 2.75) is 37.8 Å². The van der Waals surface area contributed by atoms with Crippen LogP contribution in [0.3, 0.4) is 0 Å². The molecule has 23 heavy (non-hydrogen) atoms. The van der Waals surface area contributed by atoms with Gasteiger partial charge in [0.1, 0.15) is 0 Å². The van der Waals surface area contributed by atoms with Crippen molar-refractivity contribution >= 4 is 22.9 Å². The normalized spacial score (nSPS) is 23.7. The highest BCUT2D eigenvalue weighted by Crippen LogP contribution is 2.27. The molecule has 6 nitrogen and oxygen atoms in total. The van der Waals surface area contributed by atoms with Gasteiger partial charge in [0.05, 0.1) is 17.1 Å². The first-order valence-corrected chi connectivity index (χ1v) is 8.47. The number of anilines is 1. The van der Waals surface area contributed by atoms with Crippen molar-refractivity contribution in [2.24, 2.45) is 5.73 Å². The zero-order valence-electron chi connectivity index (χ0n) is 13.2. The molecule has 2 aromatic rings. The van der Waals surface area contributed by atoms with Crippen molar-refractivity contribution in [3.8, 4) is 0 Å². The summed E-state index contributed by atoms with van der Waals surface area (Å²) in [7, 11) is 0. The van der Waals surface area contributed by atoms with Crippen LogP contribution in [0, 0.1) is 0 Å². The van der Waals surface area contributed by atoms with Crippen LogP contribution in [0.4, 0.5) is 5.95 Å². The van der Waals surface area contributed by atoms with Gasteiger partial charge in [0.25, 0.3) is 0 Å². The van der Waals surface area contributed by atoms with Gasteiger partial charge in [0.2, 0.25) is 11.9 Å². The van der Waals surface area contributed by atoms with Gasteiger partial charge in [-0.15, -0.1) is 0 Å². The van der Waals surface area contributed by atoms with Crippen molar-refractivity contribution in [3.05, 3.63) is 24.3 Å².